The third-order valence-corrected chi connectivity index (χ3v) is 3.71. The third kappa shape index (κ3) is 3.61. The average molecular weight is 356 g/mol. The number of fused-ring (bicyclic) bond motifs is 1. The highest BCUT2D eigenvalue weighted by Gasteiger charge is 2.16. The quantitative estimate of drug-likeness (QED) is 0.683. The summed E-state index contributed by atoms with van der Waals surface area (Å²) in [4.78, 5) is 19.8. The van der Waals surface area contributed by atoms with E-state index in [4.69, 9.17) is 4.74 Å². The lowest BCUT2D eigenvalue weighted by Gasteiger charge is -2.18. The monoisotopic (exact) mass is 356 g/mol. The first-order valence-corrected chi connectivity index (χ1v) is 7.78. The number of carbonyl (C=O) groups is 1. The van der Waals surface area contributed by atoms with E-state index >= 15 is 0 Å². The van der Waals surface area contributed by atoms with Crippen molar-refractivity contribution in [2.75, 3.05) is 24.1 Å². The molecule has 1 amide bonds. The van der Waals surface area contributed by atoms with Crippen molar-refractivity contribution in [3.05, 3.63) is 54.1 Å². The molecule has 0 radical (unpaired) electrons. The number of ether oxygens (including phenoxy) is 1. The molecule has 0 atom stereocenters. The lowest BCUT2D eigenvalue weighted by atomic mass is 10.2. The number of aromatic nitrogens is 2. The van der Waals surface area contributed by atoms with Gasteiger partial charge in [-0.2, -0.15) is 0 Å². The highest BCUT2D eigenvalue weighted by Crippen LogP contribution is 2.31. The van der Waals surface area contributed by atoms with E-state index in [0.717, 1.165) is 5.56 Å². The van der Waals surface area contributed by atoms with E-state index < -0.39 is 5.82 Å². The van der Waals surface area contributed by atoms with Crippen LogP contribution in [0.25, 0.3) is 10.9 Å². The van der Waals surface area contributed by atoms with Crippen LogP contribution in [-0.2, 0) is 9.53 Å². The fourth-order valence-corrected chi connectivity index (χ4v) is 2.52. The van der Waals surface area contributed by atoms with Gasteiger partial charge in [0.05, 0.1) is 5.52 Å². The number of methoxy groups -OCH3 is 1. The SMILES string of the molecule is COCC(=O)Nc1ccc2c(N(O)c3ccc(C)cc3F)ncnc2c1. The van der Waals surface area contributed by atoms with Crippen LogP contribution in [0.15, 0.2) is 42.7 Å². The number of hydrogen-bond donors (Lipinski definition) is 2. The molecule has 1 heterocycles. The van der Waals surface area contributed by atoms with Crippen LogP contribution in [0, 0.1) is 12.7 Å². The number of benzene rings is 2. The first kappa shape index (κ1) is 17.7. The van der Waals surface area contributed by atoms with E-state index in [1.807, 2.05) is 0 Å². The van der Waals surface area contributed by atoms with Gasteiger partial charge in [-0.15, -0.1) is 0 Å². The molecule has 2 aromatic carbocycles. The molecule has 134 valence electrons. The maximum atomic E-state index is 14.2. The third-order valence-electron chi connectivity index (χ3n) is 3.71. The molecule has 26 heavy (non-hydrogen) atoms. The standard InChI is InChI=1S/C18H17FN4O3/c1-11-3-6-16(14(19)7-11)23(25)18-13-5-4-12(22-17(24)9-26-2)8-15(13)20-10-21-18/h3-8,10,25H,9H2,1-2H3,(H,22,24). The second-order valence-corrected chi connectivity index (χ2v) is 5.68. The Balaban J connectivity index is 1.97. The molecule has 2 N–H and O–H groups in total. The summed E-state index contributed by atoms with van der Waals surface area (Å²) < 4.78 is 18.9. The number of aryl methyl sites for hydroxylation is 1. The highest BCUT2D eigenvalue weighted by atomic mass is 19.1. The Morgan fingerprint density at radius 2 is 2.08 bits per heavy atom. The molecule has 0 aliphatic heterocycles. The van der Waals surface area contributed by atoms with E-state index in [1.54, 1.807) is 31.2 Å². The van der Waals surface area contributed by atoms with Crippen molar-refractivity contribution >= 4 is 34.0 Å². The Morgan fingerprint density at radius 3 is 2.81 bits per heavy atom. The average Bonchev–Trinajstić information content (AvgIpc) is 2.60. The van der Waals surface area contributed by atoms with Gasteiger partial charge in [-0.1, -0.05) is 6.07 Å². The van der Waals surface area contributed by atoms with Crippen molar-refractivity contribution in [3.8, 4) is 0 Å². The van der Waals surface area contributed by atoms with Gasteiger partial charge in [-0.05, 0) is 42.8 Å². The van der Waals surface area contributed by atoms with Crippen molar-refractivity contribution in [1.82, 2.24) is 9.97 Å². The Morgan fingerprint density at radius 1 is 1.27 bits per heavy atom. The molecule has 0 bridgehead atoms. The summed E-state index contributed by atoms with van der Waals surface area (Å²) in [5.74, 6) is -0.734. The maximum absolute atomic E-state index is 14.2. The van der Waals surface area contributed by atoms with Crippen LogP contribution in [-0.4, -0.2) is 34.8 Å². The van der Waals surface area contributed by atoms with Gasteiger partial charge >= 0.3 is 0 Å². The smallest absolute Gasteiger partial charge is 0.250 e. The first-order chi connectivity index (χ1) is 12.5. The van der Waals surface area contributed by atoms with Crippen LogP contribution in [0.3, 0.4) is 0 Å². The van der Waals surface area contributed by atoms with E-state index in [-0.39, 0.29) is 24.0 Å². The topological polar surface area (TPSA) is 87.6 Å². The van der Waals surface area contributed by atoms with E-state index in [9.17, 15) is 14.4 Å². The molecule has 0 fully saturated rings. The molecular weight excluding hydrogens is 339 g/mol. The molecule has 0 aliphatic carbocycles. The number of nitrogens with zero attached hydrogens (tertiary/aromatic N) is 3. The minimum atomic E-state index is -0.567. The molecule has 0 aliphatic rings. The van der Waals surface area contributed by atoms with Crippen molar-refractivity contribution < 1.29 is 19.1 Å². The lowest BCUT2D eigenvalue weighted by molar-refractivity contribution is -0.119. The molecule has 0 spiro atoms. The van der Waals surface area contributed by atoms with Crippen molar-refractivity contribution in [2.24, 2.45) is 0 Å². The first-order valence-electron chi connectivity index (χ1n) is 7.78. The Labute approximate surface area is 149 Å². The van der Waals surface area contributed by atoms with Crippen molar-refractivity contribution in [2.45, 2.75) is 6.92 Å². The van der Waals surface area contributed by atoms with Crippen molar-refractivity contribution in [1.29, 1.82) is 0 Å². The maximum Gasteiger partial charge on any atom is 0.250 e. The fourth-order valence-electron chi connectivity index (χ4n) is 2.52. The number of hydrogen-bond acceptors (Lipinski definition) is 6. The second kappa shape index (κ2) is 7.42. The van der Waals surface area contributed by atoms with Gasteiger partial charge in [0.1, 0.15) is 24.4 Å². The molecule has 0 saturated carbocycles. The summed E-state index contributed by atoms with van der Waals surface area (Å²) in [6.45, 7) is 1.69. The van der Waals surface area contributed by atoms with E-state index in [1.165, 1.54) is 25.6 Å². The molecule has 1 aromatic heterocycles. The van der Waals surface area contributed by atoms with Gasteiger partial charge < -0.3 is 10.1 Å². The van der Waals surface area contributed by atoms with Gasteiger partial charge in [0.15, 0.2) is 5.82 Å². The Bertz CT molecular complexity index is 964. The highest BCUT2D eigenvalue weighted by molar-refractivity contribution is 5.97. The Kier molecular flexibility index (Phi) is 5.06. The molecule has 8 heteroatoms. The summed E-state index contributed by atoms with van der Waals surface area (Å²) in [5.41, 5.74) is 1.73. The zero-order chi connectivity index (χ0) is 18.7. The zero-order valence-corrected chi connectivity index (χ0v) is 14.2. The molecule has 3 rings (SSSR count). The molecule has 3 aromatic rings. The number of carbonyl (C=O) groups excluding carboxylic acids is 1. The second-order valence-electron chi connectivity index (χ2n) is 5.68. The minimum absolute atomic E-state index is 0.0203. The van der Waals surface area contributed by atoms with Crippen molar-refractivity contribution in [3.63, 3.8) is 0 Å². The fraction of sp³-hybridized carbons (Fsp3) is 0.167. The van der Waals surface area contributed by atoms with Gasteiger partial charge in [0.25, 0.3) is 0 Å². The van der Waals surface area contributed by atoms with Crippen LogP contribution in [0.5, 0.6) is 0 Å². The molecule has 0 unspecified atom stereocenters. The number of anilines is 3. The molecule has 0 saturated heterocycles. The summed E-state index contributed by atoms with van der Waals surface area (Å²) in [6, 6.07) is 9.40. The van der Waals surface area contributed by atoms with Crippen LogP contribution in [0.1, 0.15) is 5.56 Å². The van der Waals surface area contributed by atoms with Crippen LogP contribution < -0.4 is 10.4 Å². The molecular formula is C18H17FN4O3. The number of nitrogens with one attached hydrogen (secondary N) is 1. The molecule has 7 nitrogen and oxygen atoms in total. The zero-order valence-electron chi connectivity index (χ0n) is 14.2. The summed E-state index contributed by atoms with van der Waals surface area (Å²) >= 11 is 0. The lowest BCUT2D eigenvalue weighted by Crippen LogP contribution is -2.17. The number of rotatable bonds is 5. The number of halogens is 1. The summed E-state index contributed by atoms with van der Waals surface area (Å²) in [6.07, 6.45) is 1.26. The van der Waals surface area contributed by atoms with E-state index in [2.05, 4.69) is 15.3 Å². The van der Waals surface area contributed by atoms with Gasteiger partial charge in [-0.3, -0.25) is 10.0 Å². The van der Waals surface area contributed by atoms with Crippen LogP contribution in [0.2, 0.25) is 0 Å². The predicted octanol–water partition coefficient (Wildman–Crippen LogP) is 3.19. The van der Waals surface area contributed by atoms with Crippen LogP contribution >= 0.6 is 0 Å². The normalized spacial score (nSPS) is 10.8. The van der Waals surface area contributed by atoms with Gasteiger partial charge in [-0.25, -0.2) is 19.4 Å². The largest absolute Gasteiger partial charge is 0.375 e. The summed E-state index contributed by atoms with van der Waals surface area (Å²) in [5, 5.41) is 14.3. The minimum Gasteiger partial charge on any atom is -0.375 e. The number of amides is 1. The predicted molar refractivity (Wildman–Crippen MR) is 95.1 cm³/mol. The van der Waals surface area contributed by atoms with Crippen LogP contribution in [0.4, 0.5) is 21.6 Å². The Hall–Kier alpha value is -3.10. The van der Waals surface area contributed by atoms with Gasteiger partial charge in [0.2, 0.25) is 5.91 Å². The van der Waals surface area contributed by atoms with Gasteiger partial charge in [0, 0.05) is 18.2 Å². The van der Waals surface area contributed by atoms with E-state index in [0.29, 0.717) is 21.7 Å². The summed E-state index contributed by atoms with van der Waals surface area (Å²) in [7, 11) is 1.43.